The van der Waals surface area contributed by atoms with Gasteiger partial charge in [0.15, 0.2) is 0 Å². The Morgan fingerprint density at radius 2 is 2.30 bits per heavy atom. The zero-order chi connectivity index (χ0) is 16.1. The molecule has 1 fully saturated rings. The number of rotatable bonds is 1. The van der Waals surface area contributed by atoms with Gasteiger partial charge in [-0.3, -0.25) is 4.57 Å². The molecule has 0 saturated carbocycles. The maximum Gasteiger partial charge on any atom is 0.350 e. The van der Waals surface area contributed by atoms with Crippen LogP contribution < -0.4 is 15.9 Å². The van der Waals surface area contributed by atoms with Crippen molar-refractivity contribution >= 4 is 56.0 Å². The first kappa shape index (κ1) is 15.7. The zero-order valence-electron chi connectivity index (χ0n) is 12.6. The second-order valence-corrected chi connectivity index (χ2v) is 8.17. The van der Waals surface area contributed by atoms with Gasteiger partial charge in [0.05, 0.1) is 15.0 Å². The van der Waals surface area contributed by atoms with Crippen LogP contribution in [0, 0.1) is 0 Å². The summed E-state index contributed by atoms with van der Waals surface area (Å²) in [6.07, 6.45) is 0. The van der Waals surface area contributed by atoms with Crippen LogP contribution >= 0.6 is 39.3 Å². The van der Waals surface area contributed by atoms with Gasteiger partial charge in [0.2, 0.25) is 0 Å². The highest BCUT2D eigenvalue weighted by atomic mass is 79.9. The normalized spacial score (nSPS) is 21.0. The van der Waals surface area contributed by atoms with Gasteiger partial charge in [0.25, 0.3) is 0 Å². The van der Waals surface area contributed by atoms with E-state index in [0.717, 1.165) is 51.5 Å². The van der Waals surface area contributed by atoms with Crippen molar-refractivity contribution in [1.82, 2.24) is 14.9 Å². The summed E-state index contributed by atoms with van der Waals surface area (Å²) < 4.78 is 2.65. The molecule has 23 heavy (non-hydrogen) atoms. The van der Waals surface area contributed by atoms with E-state index in [0.29, 0.717) is 11.6 Å². The Morgan fingerprint density at radius 3 is 3.09 bits per heavy atom. The lowest BCUT2D eigenvalue weighted by Gasteiger charge is -2.36. The van der Waals surface area contributed by atoms with E-state index in [4.69, 9.17) is 11.6 Å². The molecular formula is C15H16BrClN4OS. The predicted molar refractivity (Wildman–Crippen MR) is 99.1 cm³/mol. The van der Waals surface area contributed by atoms with Crippen LogP contribution in [-0.4, -0.2) is 41.0 Å². The van der Waals surface area contributed by atoms with Crippen molar-refractivity contribution in [2.45, 2.75) is 24.4 Å². The highest BCUT2D eigenvalue weighted by Gasteiger charge is 2.27. The number of thioether (sulfide) groups is 1. The van der Waals surface area contributed by atoms with E-state index < -0.39 is 0 Å². The number of aryl methyl sites for hydroxylation is 1. The smallest absolute Gasteiger partial charge is 0.350 e. The fourth-order valence-corrected chi connectivity index (χ4v) is 5.27. The molecule has 2 aromatic rings. The van der Waals surface area contributed by atoms with Gasteiger partial charge in [-0.05, 0) is 28.9 Å². The molecule has 2 aliphatic heterocycles. The van der Waals surface area contributed by atoms with E-state index in [1.807, 2.05) is 6.07 Å². The molecule has 5 nitrogen and oxygen atoms in total. The molecule has 0 amide bonds. The summed E-state index contributed by atoms with van der Waals surface area (Å²) in [6.45, 7) is 5.45. The number of hydrogen-bond donors (Lipinski definition) is 1. The Hall–Kier alpha value is -0.760. The van der Waals surface area contributed by atoms with E-state index in [2.05, 4.69) is 38.1 Å². The number of hydrogen-bond acceptors (Lipinski definition) is 5. The standard InChI is InChI=1S/C15H16BrClN4OS/c1-8-7-18-2-3-20(8)14-9-6-10(17)11(16)13-12(9)21(4-5-23-13)15(22)19-14/h6,8,18H,2-5,7H2,1H3/t8-/m1/s1. The summed E-state index contributed by atoms with van der Waals surface area (Å²) >= 11 is 11.7. The summed E-state index contributed by atoms with van der Waals surface area (Å²) in [5.41, 5.74) is 0.785. The summed E-state index contributed by atoms with van der Waals surface area (Å²) in [5, 5.41) is 5.00. The van der Waals surface area contributed by atoms with Crippen molar-refractivity contribution in [2.24, 2.45) is 0 Å². The van der Waals surface area contributed by atoms with Gasteiger partial charge in [-0.25, -0.2) is 4.79 Å². The van der Waals surface area contributed by atoms with Gasteiger partial charge in [0, 0.05) is 48.3 Å². The van der Waals surface area contributed by atoms with Crippen molar-refractivity contribution in [2.75, 3.05) is 30.3 Å². The molecule has 122 valence electrons. The Bertz CT molecular complexity index is 856. The molecule has 3 heterocycles. The number of aromatic nitrogens is 2. The summed E-state index contributed by atoms with van der Waals surface area (Å²) in [6, 6.07) is 2.22. The van der Waals surface area contributed by atoms with Crippen LogP contribution in [0.5, 0.6) is 0 Å². The quantitative estimate of drug-likeness (QED) is 0.776. The molecular weight excluding hydrogens is 400 g/mol. The molecule has 2 aliphatic rings. The summed E-state index contributed by atoms with van der Waals surface area (Å²) in [4.78, 5) is 20.2. The van der Waals surface area contributed by atoms with Gasteiger partial charge in [-0.2, -0.15) is 4.98 Å². The average Bonchev–Trinajstić information content (AvgIpc) is 2.55. The highest BCUT2D eigenvalue weighted by molar-refractivity contribution is 9.10. The molecule has 8 heteroatoms. The van der Waals surface area contributed by atoms with Gasteiger partial charge in [-0.15, -0.1) is 11.8 Å². The minimum atomic E-state index is -0.172. The average molecular weight is 416 g/mol. The summed E-state index contributed by atoms with van der Waals surface area (Å²) in [7, 11) is 0. The van der Waals surface area contributed by atoms with Gasteiger partial charge >= 0.3 is 5.69 Å². The lowest BCUT2D eigenvalue weighted by atomic mass is 10.1. The van der Waals surface area contributed by atoms with Crippen molar-refractivity contribution in [3.63, 3.8) is 0 Å². The lowest BCUT2D eigenvalue weighted by Crippen LogP contribution is -2.51. The fourth-order valence-electron chi connectivity index (χ4n) is 3.29. The summed E-state index contributed by atoms with van der Waals surface area (Å²) in [5.74, 6) is 1.61. The molecule has 1 aromatic heterocycles. The van der Waals surface area contributed by atoms with Crippen LogP contribution in [-0.2, 0) is 6.54 Å². The van der Waals surface area contributed by atoms with Gasteiger partial charge < -0.3 is 10.2 Å². The minimum absolute atomic E-state index is 0.172. The van der Waals surface area contributed by atoms with Crippen molar-refractivity contribution in [3.05, 3.63) is 26.0 Å². The predicted octanol–water partition coefficient (Wildman–Crippen LogP) is 2.72. The molecule has 0 bridgehead atoms. The molecule has 0 unspecified atom stereocenters. The molecule has 1 N–H and O–H groups in total. The van der Waals surface area contributed by atoms with E-state index in [9.17, 15) is 4.79 Å². The molecule has 0 spiro atoms. The second-order valence-electron chi connectivity index (χ2n) is 5.86. The Morgan fingerprint density at radius 1 is 1.48 bits per heavy atom. The topological polar surface area (TPSA) is 50.2 Å². The molecule has 0 radical (unpaired) electrons. The largest absolute Gasteiger partial charge is 0.351 e. The second kappa shape index (κ2) is 5.95. The minimum Gasteiger partial charge on any atom is -0.351 e. The van der Waals surface area contributed by atoms with E-state index in [-0.39, 0.29) is 11.7 Å². The van der Waals surface area contributed by atoms with Crippen LogP contribution in [0.2, 0.25) is 5.02 Å². The van der Waals surface area contributed by atoms with Crippen molar-refractivity contribution in [3.8, 4) is 0 Å². The van der Waals surface area contributed by atoms with Crippen LogP contribution in [0.4, 0.5) is 5.82 Å². The Kier molecular flexibility index (Phi) is 4.07. The van der Waals surface area contributed by atoms with Crippen LogP contribution in [0.3, 0.4) is 0 Å². The number of benzene rings is 1. The van der Waals surface area contributed by atoms with E-state index in [1.54, 1.807) is 16.3 Å². The van der Waals surface area contributed by atoms with Crippen molar-refractivity contribution in [1.29, 1.82) is 0 Å². The molecule has 0 aliphatic carbocycles. The van der Waals surface area contributed by atoms with Crippen LogP contribution in [0.25, 0.3) is 10.9 Å². The van der Waals surface area contributed by atoms with E-state index in [1.165, 1.54) is 0 Å². The first-order chi connectivity index (χ1) is 11.1. The van der Waals surface area contributed by atoms with Gasteiger partial charge in [-0.1, -0.05) is 11.6 Å². The number of halogens is 2. The zero-order valence-corrected chi connectivity index (χ0v) is 15.8. The number of anilines is 1. The first-order valence-corrected chi connectivity index (χ1v) is 9.76. The molecule has 1 saturated heterocycles. The third-order valence-corrected chi connectivity index (χ3v) is 7.11. The maximum absolute atomic E-state index is 12.6. The SMILES string of the molecule is C[C@@H]1CNCCN1c1nc(=O)n2c3c(c(Br)c(Cl)cc13)SCC2. The van der Waals surface area contributed by atoms with Crippen LogP contribution in [0.15, 0.2) is 20.2 Å². The lowest BCUT2D eigenvalue weighted by molar-refractivity contribution is 0.497. The van der Waals surface area contributed by atoms with Crippen molar-refractivity contribution < 1.29 is 0 Å². The highest BCUT2D eigenvalue weighted by Crippen LogP contribution is 2.43. The molecule has 4 rings (SSSR count). The Labute approximate surface area is 151 Å². The third kappa shape index (κ3) is 2.49. The fraction of sp³-hybridized carbons (Fsp3) is 0.467. The van der Waals surface area contributed by atoms with Gasteiger partial charge in [0.1, 0.15) is 5.82 Å². The van der Waals surface area contributed by atoms with Crippen LogP contribution in [0.1, 0.15) is 6.92 Å². The monoisotopic (exact) mass is 414 g/mol. The third-order valence-electron chi connectivity index (χ3n) is 4.43. The first-order valence-electron chi connectivity index (χ1n) is 7.60. The molecule has 1 atom stereocenters. The van der Waals surface area contributed by atoms with E-state index >= 15 is 0 Å². The molecule has 1 aromatic carbocycles. The number of piperazine rings is 1. The number of nitrogens with zero attached hydrogens (tertiary/aromatic N) is 3. The number of nitrogens with one attached hydrogen (secondary N) is 1. The Balaban J connectivity index is 2.05. The maximum atomic E-state index is 12.6.